The van der Waals surface area contributed by atoms with Gasteiger partial charge in [0.2, 0.25) is 16.3 Å². The Hall–Kier alpha value is -2.99. The Kier molecular flexibility index (Phi) is 10.5. The van der Waals surface area contributed by atoms with E-state index in [4.69, 9.17) is 14.2 Å². The van der Waals surface area contributed by atoms with Crippen molar-refractivity contribution in [1.29, 1.82) is 0 Å². The van der Waals surface area contributed by atoms with Gasteiger partial charge in [-0.2, -0.15) is 4.31 Å². The van der Waals surface area contributed by atoms with E-state index >= 15 is 0 Å². The lowest BCUT2D eigenvalue weighted by atomic mass is 9.77. The highest BCUT2D eigenvalue weighted by Crippen LogP contribution is 2.36. The molecule has 1 heterocycles. The molecule has 0 spiro atoms. The molecule has 2 aromatic carbocycles. The molecule has 2 aromatic rings. The van der Waals surface area contributed by atoms with Crippen molar-refractivity contribution < 1.29 is 36.9 Å². The second kappa shape index (κ2) is 13.4. The van der Waals surface area contributed by atoms with Crippen LogP contribution in [0.4, 0.5) is 4.39 Å². The fraction of sp³-hybridized carbons (Fsp3) is 0.464. The summed E-state index contributed by atoms with van der Waals surface area (Å²) in [6.45, 7) is 5.85. The van der Waals surface area contributed by atoms with Gasteiger partial charge in [-0.3, -0.25) is 4.79 Å². The van der Waals surface area contributed by atoms with Crippen LogP contribution >= 0.6 is 0 Å². The first-order valence-electron chi connectivity index (χ1n) is 12.7. The third-order valence-electron chi connectivity index (χ3n) is 6.45. The van der Waals surface area contributed by atoms with Crippen molar-refractivity contribution in [2.45, 2.75) is 44.9 Å². The van der Waals surface area contributed by atoms with Gasteiger partial charge >= 0.3 is 0 Å². The molecule has 214 valence electrons. The number of aliphatic hydroxyl groups is 1. The van der Waals surface area contributed by atoms with Crippen molar-refractivity contribution in [1.82, 2.24) is 9.62 Å². The number of nitrogens with zero attached hydrogens (tertiary/aromatic N) is 1. The van der Waals surface area contributed by atoms with Crippen LogP contribution in [0.15, 0.2) is 65.3 Å². The number of nitrogens with one attached hydrogen (secondary N) is 1. The number of allylic oxidation sites excluding steroid dienone is 1. The zero-order chi connectivity index (χ0) is 28.6. The zero-order valence-electron chi connectivity index (χ0n) is 22.7. The largest absolute Gasteiger partial charge is 0.497 e. The number of rotatable bonds is 12. The maximum atomic E-state index is 13.2. The minimum atomic E-state index is -3.89. The zero-order valence-corrected chi connectivity index (χ0v) is 23.5. The molecule has 1 aliphatic heterocycles. The van der Waals surface area contributed by atoms with Crippen molar-refractivity contribution in [3.8, 4) is 5.75 Å². The summed E-state index contributed by atoms with van der Waals surface area (Å²) in [5.74, 6) is -0.179. The molecular weight excluding hydrogens is 527 g/mol. The van der Waals surface area contributed by atoms with E-state index in [0.717, 1.165) is 9.87 Å². The van der Waals surface area contributed by atoms with Crippen LogP contribution in [0.5, 0.6) is 5.75 Å². The monoisotopic (exact) mass is 564 g/mol. The van der Waals surface area contributed by atoms with Gasteiger partial charge in [0, 0.05) is 26.1 Å². The molecule has 11 heteroatoms. The maximum Gasteiger partial charge on any atom is 0.286 e. The lowest BCUT2D eigenvalue weighted by molar-refractivity contribution is -0.153. The van der Waals surface area contributed by atoms with Gasteiger partial charge in [0.25, 0.3) is 5.91 Å². The minimum Gasteiger partial charge on any atom is -0.497 e. The Balaban J connectivity index is 1.64. The molecule has 39 heavy (non-hydrogen) atoms. The van der Waals surface area contributed by atoms with Gasteiger partial charge in [0.1, 0.15) is 11.6 Å². The van der Waals surface area contributed by atoms with E-state index in [1.54, 1.807) is 30.3 Å². The van der Waals surface area contributed by atoms with Gasteiger partial charge in [0.05, 0.1) is 25.2 Å². The Bertz CT molecular complexity index is 1230. The molecule has 0 unspecified atom stereocenters. The second-order valence-corrected chi connectivity index (χ2v) is 12.2. The predicted octanol–water partition coefficient (Wildman–Crippen LogP) is 3.44. The normalized spacial score (nSPS) is 17.9. The Morgan fingerprint density at radius 1 is 1.13 bits per heavy atom. The molecule has 2 N–H and O–H groups in total. The van der Waals surface area contributed by atoms with Crippen molar-refractivity contribution in [2.24, 2.45) is 11.3 Å². The summed E-state index contributed by atoms with van der Waals surface area (Å²) in [4.78, 5) is 13.0. The van der Waals surface area contributed by atoms with E-state index in [2.05, 4.69) is 26.1 Å². The Morgan fingerprint density at radius 2 is 1.79 bits per heavy atom. The molecule has 0 saturated carbocycles. The van der Waals surface area contributed by atoms with Crippen molar-refractivity contribution in [2.75, 3.05) is 33.4 Å². The molecule has 1 aliphatic rings. The molecule has 0 fully saturated rings. The lowest BCUT2D eigenvalue weighted by Crippen LogP contribution is -2.39. The number of hydrogen-bond acceptors (Lipinski definition) is 7. The van der Waals surface area contributed by atoms with Crippen LogP contribution in [0.25, 0.3) is 0 Å². The molecule has 0 saturated heterocycles. The van der Waals surface area contributed by atoms with Gasteiger partial charge in [0.15, 0.2) is 5.76 Å². The smallest absolute Gasteiger partial charge is 0.286 e. The first-order valence-corrected chi connectivity index (χ1v) is 14.2. The maximum absolute atomic E-state index is 13.2. The highest BCUT2D eigenvalue weighted by atomic mass is 32.2. The van der Waals surface area contributed by atoms with Crippen LogP contribution in [0, 0.1) is 17.2 Å². The van der Waals surface area contributed by atoms with Gasteiger partial charge in [-0.05, 0) is 59.4 Å². The highest BCUT2D eigenvalue weighted by Gasteiger charge is 2.34. The molecule has 0 radical (unpaired) electrons. The summed E-state index contributed by atoms with van der Waals surface area (Å²) in [6.07, 6.45) is 1.49. The third-order valence-corrected chi connectivity index (χ3v) is 8.36. The number of carbonyl (C=O) groups excluding carboxylic acids is 1. The topological polar surface area (TPSA) is 114 Å². The van der Waals surface area contributed by atoms with E-state index in [9.17, 15) is 22.7 Å². The molecule has 0 aromatic heterocycles. The molecular formula is C28H37FN2O7S. The van der Waals surface area contributed by atoms with Gasteiger partial charge < -0.3 is 24.6 Å². The molecule has 0 aliphatic carbocycles. The number of halogens is 1. The molecule has 3 rings (SSSR count). The van der Waals surface area contributed by atoms with Crippen molar-refractivity contribution in [3.63, 3.8) is 0 Å². The Morgan fingerprint density at radius 3 is 2.38 bits per heavy atom. The van der Waals surface area contributed by atoms with E-state index in [-0.39, 0.29) is 60.7 Å². The Labute approximate surface area is 229 Å². The third kappa shape index (κ3) is 8.50. The summed E-state index contributed by atoms with van der Waals surface area (Å²) in [5, 5.41) is 12.3. The van der Waals surface area contributed by atoms with Gasteiger partial charge in [-0.15, -0.1) is 0 Å². The summed E-state index contributed by atoms with van der Waals surface area (Å²) in [5.41, 5.74) is 0.553. The second-order valence-electron chi connectivity index (χ2n) is 10.3. The fourth-order valence-electron chi connectivity index (χ4n) is 4.04. The molecule has 2 atom stereocenters. The summed E-state index contributed by atoms with van der Waals surface area (Å²) in [7, 11) is -2.40. The SMILES string of the molecule is COc1ccc(S(=O)(=O)N(CCO)CCO[C@H]2C[C@@H](C(C)(C)C)C=C(C(=O)NCc3ccc(F)cc3)O2)cc1. The fourth-order valence-corrected chi connectivity index (χ4v) is 5.46. The highest BCUT2D eigenvalue weighted by molar-refractivity contribution is 7.89. The van der Waals surface area contributed by atoms with E-state index in [1.165, 1.54) is 31.4 Å². The van der Waals surface area contributed by atoms with Gasteiger partial charge in [-0.25, -0.2) is 12.8 Å². The predicted molar refractivity (Wildman–Crippen MR) is 144 cm³/mol. The minimum absolute atomic E-state index is 0.0125. The standard InChI is InChI=1S/C28H37FN2O7S/c1-28(2,3)21-17-25(27(33)30-19-20-5-7-22(29)8-6-20)38-26(18-21)37-16-14-31(13-15-32)39(34,35)24-11-9-23(36-4)10-12-24/h5-12,17,21,26,32H,13-16,18-19H2,1-4H3,(H,30,33)/t21-,26+/m0/s1. The van der Waals surface area contributed by atoms with Crippen LogP contribution in [0.1, 0.15) is 32.8 Å². The number of ether oxygens (including phenoxy) is 3. The molecule has 0 bridgehead atoms. The summed E-state index contributed by atoms with van der Waals surface area (Å²) < 4.78 is 57.5. The van der Waals surface area contributed by atoms with E-state index in [1.807, 2.05) is 0 Å². The summed E-state index contributed by atoms with van der Waals surface area (Å²) >= 11 is 0. The first-order chi connectivity index (χ1) is 18.4. The lowest BCUT2D eigenvalue weighted by Gasteiger charge is -2.36. The number of amides is 1. The average Bonchev–Trinajstić information content (AvgIpc) is 2.91. The van der Waals surface area contributed by atoms with Gasteiger partial charge in [-0.1, -0.05) is 32.9 Å². The number of aliphatic hydroxyl groups excluding tert-OH is 1. The van der Waals surface area contributed by atoms with Crippen molar-refractivity contribution in [3.05, 3.63) is 71.7 Å². The number of sulfonamides is 1. The quantitative estimate of drug-likeness (QED) is 0.406. The molecule has 1 amide bonds. The number of hydrogen-bond donors (Lipinski definition) is 2. The van der Waals surface area contributed by atoms with Crippen LogP contribution in [-0.2, 0) is 30.8 Å². The van der Waals surface area contributed by atoms with Crippen LogP contribution in [0.2, 0.25) is 0 Å². The number of carbonyl (C=O) groups is 1. The van der Waals surface area contributed by atoms with Crippen molar-refractivity contribution >= 4 is 15.9 Å². The van der Waals surface area contributed by atoms with E-state index in [0.29, 0.717) is 12.2 Å². The summed E-state index contributed by atoms with van der Waals surface area (Å²) in [6, 6.07) is 11.8. The van der Waals surface area contributed by atoms with Crippen LogP contribution in [-0.4, -0.2) is 63.4 Å². The van der Waals surface area contributed by atoms with Crippen LogP contribution < -0.4 is 10.1 Å². The van der Waals surface area contributed by atoms with E-state index < -0.39 is 22.2 Å². The number of methoxy groups -OCH3 is 1. The first kappa shape index (κ1) is 30.6. The molecule has 9 nitrogen and oxygen atoms in total. The number of benzene rings is 2. The average molecular weight is 565 g/mol. The van der Waals surface area contributed by atoms with Crippen LogP contribution in [0.3, 0.4) is 0 Å².